The van der Waals surface area contributed by atoms with Gasteiger partial charge in [0.05, 0.1) is 0 Å². The Morgan fingerprint density at radius 2 is 1.92 bits per heavy atom. The lowest BCUT2D eigenvalue weighted by Gasteiger charge is -2.20. The average molecular weight is 496 g/mol. The molecule has 0 aliphatic heterocycles. The molecule has 8 heteroatoms. The molecule has 0 spiro atoms. The van der Waals surface area contributed by atoms with Crippen LogP contribution < -0.4 is 16.0 Å². The van der Waals surface area contributed by atoms with E-state index in [0.717, 1.165) is 25.3 Å². The van der Waals surface area contributed by atoms with E-state index in [9.17, 15) is 4.79 Å². The molecule has 1 amide bonds. The summed E-state index contributed by atoms with van der Waals surface area (Å²) in [5, 5.41) is 9.40. The molecule has 150 valence electrons. The Labute approximate surface area is 178 Å². The van der Waals surface area contributed by atoms with E-state index >= 15 is 0 Å². The van der Waals surface area contributed by atoms with E-state index in [1.165, 1.54) is 9.75 Å². The normalized spacial score (nSPS) is 12.8. The summed E-state index contributed by atoms with van der Waals surface area (Å²) in [4.78, 5) is 18.5. The average Bonchev–Trinajstić information content (AvgIpc) is 2.88. The second kappa shape index (κ2) is 12.4. The number of nitrogens with one attached hydrogen (secondary N) is 3. The Hall–Kier alpha value is -1.03. The van der Waals surface area contributed by atoms with Gasteiger partial charge in [-0.25, -0.2) is 4.79 Å². The van der Waals surface area contributed by atoms with Gasteiger partial charge in [-0.2, -0.15) is 0 Å². The minimum absolute atomic E-state index is 0. The predicted octanol–water partition coefficient (Wildman–Crippen LogP) is 3.69. The Balaban J connectivity index is 0.00000625. The molecule has 1 aromatic heterocycles. The van der Waals surface area contributed by atoms with E-state index in [2.05, 4.69) is 46.9 Å². The van der Waals surface area contributed by atoms with Gasteiger partial charge < -0.3 is 20.7 Å². The minimum Gasteiger partial charge on any atom is -0.444 e. The Bertz CT molecular complexity index is 570. The Kier molecular flexibility index (Phi) is 11.9. The Morgan fingerprint density at radius 1 is 1.27 bits per heavy atom. The highest BCUT2D eigenvalue weighted by molar-refractivity contribution is 14.0. The first-order chi connectivity index (χ1) is 11.7. The molecule has 26 heavy (non-hydrogen) atoms. The maximum Gasteiger partial charge on any atom is 0.407 e. The van der Waals surface area contributed by atoms with Crippen LogP contribution in [0.2, 0.25) is 0 Å². The zero-order valence-corrected chi connectivity index (χ0v) is 19.8. The van der Waals surface area contributed by atoms with E-state index in [1.807, 2.05) is 32.1 Å². The van der Waals surface area contributed by atoms with Crippen LogP contribution in [-0.4, -0.2) is 43.8 Å². The monoisotopic (exact) mass is 496 g/mol. The van der Waals surface area contributed by atoms with Crippen LogP contribution in [0.15, 0.2) is 17.1 Å². The fraction of sp³-hybridized carbons (Fsp3) is 0.667. The number of guanidine groups is 1. The van der Waals surface area contributed by atoms with Gasteiger partial charge in [-0.15, -0.1) is 35.3 Å². The van der Waals surface area contributed by atoms with Crippen molar-refractivity contribution in [2.24, 2.45) is 4.99 Å². The highest BCUT2D eigenvalue weighted by Gasteiger charge is 2.15. The fourth-order valence-corrected chi connectivity index (χ4v) is 3.19. The molecule has 3 N–H and O–H groups in total. The molecule has 0 saturated carbocycles. The highest BCUT2D eigenvalue weighted by Crippen LogP contribution is 2.16. The molecule has 0 aromatic carbocycles. The number of hydrogen-bond acceptors (Lipinski definition) is 4. The lowest BCUT2D eigenvalue weighted by Crippen LogP contribution is -2.43. The third-order valence-electron chi connectivity index (χ3n) is 3.22. The summed E-state index contributed by atoms with van der Waals surface area (Å²) in [6, 6.07) is 4.62. The zero-order chi connectivity index (χ0) is 18.9. The molecule has 1 heterocycles. The van der Waals surface area contributed by atoms with Gasteiger partial charge in [-0.3, -0.25) is 4.99 Å². The molecule has 0 aliphatic carbocycles. The molecule has 1 rings (SSSR count). The second-order valence-electron chi connectivity index (χ2n) is 7.04. The third kappa shape index (κ3) is 11.6. The van der Waals surface area contributed by atoms with Crippen molar-refractivity contribution >= 4 is 47.4 Å². The number of aliphatic imine (C=N–C) groups is 1. The summed E-state index contributed by atoms with van der Waals surface area (Å²) in [7, 11) is 1.76. The largest absolute Gasteiger partial charge is 0.444 e. The molecular weight excluding hydrogens is 463 g/mol. The molecule has 0 saturated heterocycles. The van der Waals surface area contributed by atoms with Crippen LogP contribution in [-0.2, 0) is 11.2 Å². The van der Waals surface area contributed by atoms with Crippen molar-refractivity contribution in [1.29, 1.82) is 0 Å². The van der Waals surface area contributed by atoms with Crippen molar-refractivity contribution in [2.75, 3.05) is 20.1 Å². The summed E-state index contributed by atoms with van der Waals surface area (Å²) in [5.74, 6) is 0.776. The lowest BCUT2D eigenvalue weighted by atomic mass is 10.2. The Morgan fingerprint density at radius 3 is 2.46 bits per heavy atom. The maximum absolute atomic E-state index is 11.5. The molecule has 1 aromatic rings. The number of amides is 1. The number of hydrogen-bond donors (Lipinski definition) is 3. The summed E-state index contributed by atoms with van der Waals surface area (Å²) < 4.78 is 5.19. The summed E-state index contributed by atoms with van der Waals surface area (Å²) in [6.45, 7) is 11.1. The van der Waals surface area contributed by atoms with E-state index in [0.29, 0.717) is 12.6 Å². The van der Waals surface area contributed by atoms with Crippen molar-refractivity contribution < 1.29 is 9.53 Å². The number of rotatable bonds is 7. The smallest absolute Gasteiger partial charge is 0.407 e. The van der Waals surface area contributed by atoms with Gasteiger partial charge >= 0.3 is 6.09 Å². The first kappa shape index (κ1) is 25.0. The SMILES string of the molecule is CN=C(NCCCNC(=O)OC(C)(C)C)NC(C)Cc1ccc(C)s1.I. The van der Waals surface area contributed by atoms with Gasteiger partial charge in [0.15, 0.2) is 5.96 Å². The first-order valence-corrected chi connectivity index (χ1v) is 9.50. The number of thiophene rings is 1. The van der Waals surface area contributed by atoms with Crippen molar-refractivity contribution in [3.8, 4) is 0 Å². The summed E-state index contributed by atoms with van der Waals surface area (Å²) >= 11 is 1.83. The second-order valence-corrected chi connectivity index (χ2v) is 8.42. The van der Waals surface area contributed by atoms with E-state index < -0.39 is 5.60 Å². The minimum atomic E-state index is -0.467. The molecule has 1 unspecified atom stereocenters. The van der Waals surface area contributed by atoms with Gasteiger partial charge in [0.1, 0.15) is 5.60 Å². The molecule has 6 nitrogen and oxygen atoms in total. The van der Waals surface area contributed by atoms with E-state index in [-0.39, 0.29) is 30.1 Å². The molecular formula is C18H33IN4O2S. The van der Waals surface area contributed by atoms with Gasteiger partial charge in [0.25, 0.3) is 0 Å². The van der Waals surface area contributed by atoms with Crippen LogP contribution in [0.5, 0.6) is 0 Å². The van der Waals surface area contributed by atoms with Crippen LogP contribution in [0.4, 0.5) is 4.79 Å². The quantitative estimate of drug-likeness (QED) is 0.233. The van der Waals surface area contributed by atoms with Gasteiger partial charge in [-0.05, 0) is 53.2 Å². The first-order valence-electron chi connectivity index (χ1n) is 8.69. The molecule has 0 bridgehead atoms. The van der Waals surface area contributed by atoms with E-state index in [4.69, 9.17) is 4.74 Å². The fourth-order valence-electron chi connectivity index (χ4n) is 2.18. The number of ether oxygens (including phenoxy) is 1. The van der Waals surface area contributed by atoms with Crippen LogP contribution >= 0.6 is 35.3 Å². The zero-order valence-electron chi connectivity index (χ0n) is 16.6. The molecule has 0 fully saturated rings. The van der Waals surface area contributed by atoms with Crippen molar-refractivity contribution in [3.63, 3.8) is 0 Å². The van der Waals surface area contributed by atoms with Gasteiger partial charge in [0, 0.05) is 42.4 Å². The van der Waals surface area contributed by atoms with Crippen molar-refractivity contribution in [1.82, 2.24) is 16.0 Å². The summed E-state index contributed by atoms with van der Waals surface area (Å²) in [6.07, 6.45) is 1.38. The van der Waals surface area contributed by atoms with Crippen LogP contribution in [0.25, 0.3) is 0 Å². The number of nitrogens with zero attached hydrogens (tertiary/aromatic N) is 1. The van der Waals surface area contributed by atoms with E-state index in [1.54, 1.807) is 7.05 Å². The third-order valence-corrected chi connectivity index (χ3v) is 4.25. The number of aryl methyl sites for hydroxylation is 1. The molecule has 0 radical (unpaired) electrons. The lowest BCUT2D eigenvalue weighted by molar-refractivity contribution is 0.0527. The maximum atomic E-state index is 11.5. The van der Waals surface area contributed by atoms with Crippen LogP contribution in [0, 0.1) is 6.92 Å². The standard InChI is InChI=1S/C18H32N4O2S.HI/c1-13(12-15-9-8-14(2)25-15)22-16(19-6)20-10-7-11-21-17(23)24-18(3,4)5;/h8-9,13H,7,10-12H2,1-6H3,(H,21,23)(H2,19,20,22);1H. The topological polar surface area (TPSA) is 74.8 Å². The van der Waals surface area contributed by atoms with Crippen LogP contribution in [0.1, 0.15) is 43.9 Å². The van der Waals surface area contributed by atoms with Crippen molar-refractivity contribution in [2.45, 2.75) is 59.1 Å². The number of halogens is 1. The van der Waals surface area contributed by atoms with Crippen LogP contribution in [0.3, 0.4) is 0 Å². The van der Waals surface area contributed by atoms with Gasteiger partial charge in [0.2, 0.25) is 0 Å². The molecule has 1 atom stereocenters. The molecule has 0 aliphatic rings. The number of carbonyl (C=O) groups is 1. The van der Waals surface area contributed by atoms with Gasteiger partial charge in [-0.1, -0.05) is 0 Å². The predicted molar refractivity (Wildman–Crippen MR) is 121 cm³/mol. The number of carbonyl (C=O) groups excluding carboxylic acids is 1. The number of alkyl carbamates (subject to hydrolysis) is 1. The highest BCUT2D eigenvalue weighted by atomic mass is 127. The van der Waals surface area contributed by atoms with Crippen molar-refractivity contribution in [3.05, 3.63) is 21.9 Å². The summed E-state index contributed by atoms with van der Waals surface area (Å²) in [5.41, 5.74) is -0.467.